The predicted octanol–water partition coefficient (Wildman–Crippen LogP) is 3.21. The first kappa shape index (κ1) is 12.3. The number of halogens is 1. The van der Waals surface area contributed by atoms with Crippen LogP contribution in [-0.4, -0.2) is 5.91 Å². The summed E-state index contributed by atoms with van der Waals surface area (Å²) in [5.74, 6) is -1.33. The zero-order chi connectivity index (χ0) is 13.3. The number of carbonyl (C=O) groups excluding carboxylic acids is 1. The average Bonchev–Trinajstić information content (AvgIpc) is 2.32. The van der Waals surface area contributed by atoms with Crippen molar-refractivity contribution in [3.63, 3.8) is 0 Å². The third-order valence-electron chi connectivity index (χ3n) is 3.08. The molecule has 0 fully saturated rings. The number of carbonyl (C=O) groups is 1. The van der Waals surface area contributed by atoms with Gasteiger partial charge in [-0.3, -0.25) is 4.79 Å². The molecule has 0 aliphatic heterocycles. The van der Waals surface area contributed by atoms with E-state index in [2.05, 4.69) is 0 Å². The lowest BCUT2D eigenvalue weighted by atomic mass is 9.96. The molecule has 2 nitrogen and oxygen atoms in total. The predicted molar refractivity (Wildman–Crippen MR) is 69.8 cm³/mol. The number of aryl methyl sites for hydroxylation is 2. The lowest BCUT2D eigenvalue weighted by molar-refractivity contribution is 0.0997. The molecule has 92 valence electrons. The molecular weight excluding hydrogens is 229 g/mol. The molecule has 0 heterocycles. The fourth-order valence-corrected chi connectivity index (χ4v) is 1.92. The first-order chi connectivity index (χ1) is 8.50. The Morgan fingerprint density at radius 3 is 2.44 bits per heavy atom. The monoisotopic (exact) mass is 243 g/mol. The molecule has 3 heteroatoms. The molecule has 0 spiro atoms. The van der Waals surface area contributed by atoms with Gasteiger partial charge < -0.3 is 5.73 Å². The van der Waals surface area contributed by atoms with Crippen LogP contribution < -0.4 is 5.73 Å². The van der Waals surface area contributed by atoms with Crippen molar-refractivity contribution >= 4 is 5.91 Å². The number of nitrogens with two attached hydrogens (primary N) is 1. The lowest BCUT2D eigenvalue weighted by Gasteiger charge is -2.10. The zero-order valence-corrected chi connectivity index (χ0v) is 10.3. The molecule has 2 N–H and O–H groups in total. The normalized spacial score (nSPS) is 10.4. The summed E-state index contributed by atoms with van der Waals surface area (Å²) in [4.78, 5) is 11.3. The highest BCUT2D eigenvalue weighted by Crippen LogP contribution is 2.27. The molecule has 2 aromatic carbocycles. The molecule has 0 atom stereocenters. The van der Waals surface area contributed by atoms with Gasteiger partial charge in [0.25, 0.3) is 5.91 Å². The Bertz CT molecular complexity index is 620. The molecule has 0 saturated heterocycles. The van der Waals surface area contributed by atoms with Gasteiger partial charge in [0, 0.05) is 0 Å². The summed E-state index contributed by atoms with van der Waals surface area (Å²) >= 11 is 0. The number of hydrogen-bond acceptors (Lipinski definition) is 1. The van der Waals surface area contributed by atoms with E-state index in [1.807, 2.05) is 32.0 Å². The molecule has 0 bridgehead atoms. The van der Waals surface area contributed by atoms with Crippen LogP contribution in [0.5, 0.6) is 0 Å². The van der Waals surface area contributed by atoms with E-state index in [9.17, 15) is 9.18 Å². The van der Waals surface area contributed by atoms with Crippen molar-refractivity contribution in [1.29, 1.82) is 0 Å². The Labute approximate surface area is 105 Å². The standard InChI is InChI=1S/C15H14FNO/c1-9-6-7-11(8-10(9)2)12-4-3-5-13(16)14(12)15(17)18/h3-8H,1-2H3,(H2,17,18). The number of amides is 1. The minimum absolute atomic E-state index is 0.0549. The maximum Gasteiger partial charge on any atom is 0.252 e. The molecule has 0 radical (unpaired) electrons. The zero-order valence-electron chi connectivity index (χ0n) is 10.3. The van der Waals surface area contributed by atoms with Crippen LogP contribution in [0.2, 0.25) is 0 Å². The molecule has 1 amide bonds. The van der Waals surface area contributed by atoms with Gasteiger partial charge in [-0.15, -0.1) is 0 Å². The fraction of sp³-hybridized carbons (Fsp3) is 0.133. The summed E-state index contributed by atoms with van der Waals surface area (Å²) in [6.45, 7) is 3.97. The minimum atomic E-state index is -0.749. The molecule has 2 aromatic rings. The van der Waals surface area contributed by atoms with Gasteiger partial charge in [-0.1, -0.05) is 30.3 Å². The summed E-state index contributed by atoms with van der Waals surface area (Å²) in [5, 5.41) is 0. The highest BCUT2D eigenvalue weighted by atomic mass is 19.1. The quantitative estimate of drug-likeness (QED) is 0.864. The van der Waals surface area contributed by atoms with Crippen LogP contribution in [0.3, 0.4) is 0 Å². The van der Waals surface area contributed by atoms with Gasteiger partial charge in [-0.25, -0.2) is 4.39 Å². The highest BCUT2D eigenvalue weighted by Gasteiger charge is 2.15. The summed E-state index contributed by atoms with van der Waals surface area (Å²) in [7, 11) is 0. The molecule has 0 aromatic heterocycles. The second-order valence-corrected chi connectivity index (χ2v) is 4.33. The topological polar surface area (TPSA) is 43.1 Å². The summed E-state index contributed by atoms with van der Waals surface area (Å²) in [5.41, 5.74) is 8.76. The molecule has 18 heavy (non-hydrogen) atoms. The highest BCUT2D eigenvalue weighted by molar-refractivity contribution is 6.00. The van der Waals surface area contributed by atoms with Crippen molar-refractivity contribution in [1.82, 2.24) is 0 Å². The Kier molecular flexibility index (Phi) is 3.15. The van der Waals surface area contributed by atoms with Crippen molar-refractivity contribution in [3.05, 3.63) is 58.9 Å². The van der Waals surface area contributed by atoms with E-state index in [1.54, 1.807) is 12.1 Å². The van der Waals surface area contributed by atoms with Crippen LogP contribution >= 0.6 is 0 Å². The van der Waals surface area contributed by atoms with E-state index in [0.717, 1.165) is 16.7 Å². The summed E-state index contributed by atoms with van der Waals surface area (Å²) < 4.78 is 13.7. The smallest absolute Gasteiger partial charge is 0.252 e. The van der Waals surface area contributed by atoms with Crippen LogP contribution in [0, 0.1) is 19.7 Å². The fourth-order valence-electron chi connectivity index (χ4n) is 1.92. The first-order valence-corrected chi connectivity index (χ1v) is 5.66. The van der Waals surface area contributed by atoms with E-state index >= 15 is 0 Å². The summed E-state index contributed by atoms with van der Waals surface area (Å²) in [6, 6.07) is 10.3. The van der Waals surface area contributed by atoms with Crippen LogP contribution in [0.1, 0.15) is 21.5 Å². The SMILES string of the molecule is Cc1ccc(-c2cccc(F)c2C(N)=O)cc1C. The Morgan fingerprint density at radius 2 is 1.83 bits per heavy atom. The molecule has 0 aliphatic rings. The lowest BCUT2D eigenvalue weighted by Crippen LogP contribution is -2.14. The van der Waals surface area contributed by atoms with Crippen LogP contribution in [-0.2, 0) is 0 Å². The number of hydrogen-bond donors (Lipinski definition) is 1. The van der Waals surface area contributed by atoms with Crippen molar-refractivity contribution in [3.8, 4) is 11.1 Å². The number of rotatable bonds is 2. The molecular formula is C15H14FNO. The average molecular weight is 243 g/mol. The van der Waals surface area contributed by atoms with Crippen molar-refractivity contribution in [2.24, 2.45) is 5.73 Å². The van der Waals surface area contributed by atoms with Crippen molar-refractivity contribution in [2.45, 2.75) is 13.8 Å². The third-order valence-corrected chi connectivity index (χ3v) is 3.08. The molecule has 0 aliphatic carbocycles. The van der Waals surface area contributed by atoms with Gasteiger partial charge in [-0.2, -0.15) is 0 Å². The largest absolute Gasteiger partial charge is 0.365 e. The molecule has 0 saturated carbocycles. The minimum Gasteiger partial charge on any atom is -0.365 e. The second-order valence-electron chi connectivity index (χ2n) is 4.33. The molecule has 0 unspecified atom stereocenters. The molecule has 2 rings (SSSR count). The van der Waals surface area contributed by atoms with Crippen LogP contribution in [0.15, 0.2) is 36.4 Å². The van der Waals surface area contributed by atoms with Gasteiger partial charge in [-0.05, 0) is 42.2 Å². The Hall–Kier alpha value is -2.16. The maximum atomic E-state index is 13.7. The van der Waals surface area contributed by atoms with Gasteiger partial charge >= 0.3 is 0 Å². The third kappa shape index (κ3) is 2.12. The van der Waals surface area contributed by atoms with Gasteiger partial charge in [0.1, 0.15) is 5.82 Å². The number of primary amides is 1. The summed E-state index contributed by atoms with van der Waals surface area (Å²) in [6.07, 6.45) is 0. The van der Waals surface area contributed by atoms with Gasteiger partial charge in [0.05, 0.1) is 5.56 Å². The van der Waals surface area contributed by atoms with E-state index in [0.29, 0.717) is 5.56 Å². The van der Waals surface area contributed by atoms with Gasteiger partial charge in [0.15, 0.2) is 0 Å². The van der Waals surface area contributed by atoms with E-state index in [-0.39, 0.29) is 5.56 Å². The van der Waals surface area contributed by atoms with Crippen molar-refractivity contribution in [2.75, 3.05) is 0 Å². The van der Waals surface area contributed by atoms with Crippen LogP contribution in [0.4, 0.5) is 4.39 Å². The Balaban J connectivity index is 2.67. The van der Waals surface area contributed by atoms with E-state index in [1.165, 1.54) is 6.07 Å². The Morgan fingerprint density at radius 1 is 1.11 bits per heavy atom. The van der Waals surface area contributed by atoms with Gasteiger partial charge in [0.2, 0.25) is 0 Å². The second kappa shape index (κ2) is 4.61. The van der Waals surface area contributed by atoms with Crippen LogP contribution in [0.25, 0.3) is 11.1 Å². The van der Waals surface area contributed by atoms with E-state index < -0.39 is 11.7 Å². The number of benzene rings is 2. The van der Waals surface area contributed by atoms with Crippen molar-refractivity contribution < 1.29 is 9.18 Å². The van der Waals surface area contributed by atoms with E-state index in [4.69, 9.17) is 5.73 Å². The first-order valence-electron chi connectivity index (χ1n) is 5.66. The maximum absolute atomic E-state index is 13.7.